The number of aromatic amines is 1. The number of aryl methyl sites for hydroxylation is 1. The van der Waals surface area contributed by atoms with Gasteiger partial charge in [0.15, 0.2) is 0 Å². The molecule has 8 nitrogen and oxygen atoms in total. The third-order valence-electron chi connectivity index (χ3n) is 2.49. The summed E-state index contributed by atoms with van der Waals surface area (Å²) in [5, 5.41) is 6.20. The molecule has 21 heavy (non-hydrogen) atoms. The van der Waals surface area contributed by atoms with Crippen molar-refractivity contribution in [3.8, 4) is 0 Å². The van der Waals surface area contributed by atoms with E-state index in [2.05, 4.69) is 19.6 Å². The molecule has 0 bridgehead atoms. The molecule has 0 radical (unpaired) electrons. The minimum Gasteiger partial charge on any atom is -0.284 e. The van der Waals surface area contributed by atoms with Crippen molar-refractivity contribution < 1.29 is 16.8 Å². The summed E-state index contributed by atoms with van der Waals surface area (Å²) in [6, 6.07) is 5.95. The van der Waals surface area contributed by atoms with Crippen LogP contribution in [-0.4, -0.2) is 33.3 Å². The molecular formula is C11H14N4O4S2. The van der Waals surface area contributed by atoms with Crippen molar-refractivity contribution in [2.24, 2.45) is 0 Å². The number of aromatic nitrogens is 2. The van der Waals surface area contributed by atoms with Crippen LogP contribution in [0.15, 0.2) is 35.4 Å². The van der Waals surface area contributed by atoms with E-state index in [0.29, 0.717) is 5.69 Å². The maximum absolute atomic E-state index is 12.2. The standard InChI is InChI=1S/C11H14N4O4S2/c1-8-11(7-12-13-8)21(18,19)15-10-5-3-4-9(6-10)14-20(2,16)17/h3-7,14-15H,1-2H3,(H,12,13). The van der Waals surface area contributed by atoms with Crippen molar-refractivity contribution in [1.29, 1.82) is 0 Å². The summed E-state index contributed by atoms with van der Waals surface area (Å²) in [4.78, 5) is 0.0315. The van der Waals surface area contributed by atoms with Crippen LogP contribution in [0.4, 0.5) is 11.4 Å². The van der Waals surface area contributed by atoms with Crippen LogP contribution in [0.1, 0.15) is 5.69 Å². The lowest BCUT2D eigenvalue weighted by molar-refractivity contribution is 0.600. The molecular weight excluding hydrogens is 316 g/mol. The third kappa shape index (κ3) is 3.95. The molecule has 0 amide bonds. The molecule has 0 saturated heterocycles. The van der Waals surface area contributed by atoms with Crippen molar-refractivity contribution in [3.05, 3.63) is 36.2 Å². The Morgan fingerprint density at radius 1 is 1.10 bits per heavy atom. The summed E-state index contributed by atoms with van der Waals surface area (Å²) in [7, 11) is -7.21. The van der Waals surface area contributed by atoms with Gasteiger partial charge in [0.25, 0.3) is 10.0 Å². The van der Waals surface area contributed by atoms with E-state index < -0.39 is 20.0 Å². The van der Waals surface area contributed by atoms with Gasteiger partial charge in [-0.25, -0.2) is 16.8 Å². The second kappa shape index (κ2) is 5.37. The van der Waals surface area contributed by atoms with Gasteiger partial charge in [-0.05, 0) is 25.1 Å². The lowest BCUT2D eigenvalue weighted by atomic mass is 10.3. The van der Waals surface area contributed by atoms with Gasteiger partial charge >= 0.3 is 0 Å². The van der Waals surface area contributed by atoms with Crippen LogP contribution >= 0.6 is 0 Å². The highest BCUT2D eigenvalue weighted by molar-refractivity contribution is 7.92. The van der Waals surface area contributed by atoms with Crippen molar-refractivity contribution in [2.45, 2.75) is 11.8 Å². The Hall–Kier alpha value is -2.07. The Balaban J connectivity index is 2.28. The van der Waals surface area contributed by atoms with E-state index >= 15 is 0 Å². The second-order valence-electron chi connectivity index (χ2n) is 4.42. The first-order valence-electron chi connectivity index (χ1n) is 5.78. The van der Waals surface area contributed by atoms with Crippen molar-refractivity contribution in [1.82, 2.24) is 10.2 Å². The topological polar surface area (TPSA) is 121 Å². The molecule has 0 fully saturated rings. The quantitative estimate of drug-likeness (QED) is 0.752. The van der Waals surface area contributed by atoms with Crippen molar-refractivity contribution in [2.75, 3.05) is 15.7 Å². The van der Waals surface area contributed by atoms with E-state index in [1.165, 1.54) is 30.5 Å². The van der Waals surface area contributed by atoms with Gasteiger partial charge in [-0.3, -0.25) is 14.5 Å². The van der Waals surface area contributed by atoms with E-state index in [-0.39, 0.29) is 16.3 Å². The van der Waals surface area contributed by atoms with Gasteiger partial charge in [-0.15, -0.1) is 0 Å². The average molecular weight is 330 g/mol. The summed E-state index contributed by atoms with van der Waals surface area (Å²) in [5.74, 6) is 0. The molecule has 1 aromatic heterocycles. The van der Waals surface area contributed by atoms with Gasteiger partial charge in [-0.2, -0.15) is 5.10 Å². The fraction of sp³-hybridized carbons (Fsp3) is 0.182. The van der Waals surface area contributed by atoms with Gasteiger partial charge in [-0.1, -0.05) is 6.07 Å². The van der Waals surface area contributed by atoms with Crippen LogP contribution in [0.25, 0.3) is 0 Å². The van der Waals surface area contributed by atoms with Crippen molar-refractivity contribution >= 4 is 31.4 Å². The molecule has 2 aromatic rings. The summed E-state index contributed by atoms with van der Waals surface area (Å²) < 4.78 is 51.3. The third-order valence-corrected chi connectivity index (χ3v) is 4.59. The molecule has 0 aliphatic rings. The fourth-order valence-corrected chi connectivity index (χ4v) is 3.42. The van der Waals surface area contributed by atoms with E-state index in [1.807, 2.05) is 0 Å². The van der Waals surface area contributed by atoms with Crippen LogP contribution < -0.4 is 9.44 Å². The highest BCUT2D eigenvalue weighted by Gasteiger charge is 2.18. The van der Waals surface area contributed by atoms with Crippen LogP contribution in [-0.2, 0) is 20.0 Å². The Kier molecular flexibility index (Phi) is 3.92. The van der Waals surface area contributed by atoms with Crippen LogP contribution in [0, 0.1) is 6.92 Å². The number of anilines is 2. The first kappa shape index (κ1) is 15.3. The zero-order chi connectivity index (χ0) is 15.7. The molecule has 0 atom stereocenters. The lowest BCUT2D eigenvalue weighted by Crippen LogP contribution is -2.14. The Morgan fingerprint density at radius 2 is 1.71 bits per heavy atom. The SMILES string of the molecule is Cc1[nH]ncc1S(=O)(=O)Nc1cccc(NS(C)(=O)=O)c1. The first-order chi connectivity index (χ1) is 9.67. The molecule has 1 aromatic carbocycles. The molecule has 0 unspecified atom stereocenters. The van der Waals surface area contributed by atoms with Crippen LogP contribution in [0.3, 0.4) is 0 Å². The number of hydrogen-bond acceptors (Lipinski definition) is 5. The molecule has 114 valence electrons. The van der Waals surface area contributed by atoms with Gasteiger partial charge in [0, 0.05) is 0 Å². The Labute approximate surface area is 122 Å². The zero-order valence-electron chi connectivity index (χ0n) is 11.3. The van der Waals surface area contributed by atoms with Crippen molar-refractivity contribution in [3.63, 3.8) is 0 Å². The molecule has 2 rings (SSSR count). The minimum atomic E-state index is -3.78. The molecule has 0 saturated carbocycles. The summed E-state index contributed by atoms with van der Waals surface area (Å²) >= 11 is 0. The normalized spacial score (nSPS) is 12.1. The number of hydrogen-bond donors (Lipinski definition) is 3. The van der Waals surface area contributed by atoms with Crippen LogP contribution in [0.2, 0.25) is 0 Å². The second-order valence-corrected chi connectivity index (χ2v) is 7.82. The molecule has 3 N–H and O–H groups in total. The maximum atomic E-state index is 12.2. The van der Waals surface area contributed by atoms with E-state index in [0.717, 1.165) is 6.26 Å². The maximum Gasteiger partial charge on any atom is 0.265 e. The summed E-state index contributed by atoms with van der Waals surface area (Å²) in [6.07, 6.45) is 2.22. The number of sulfonamides is 2. The predicted octanol–water partition coefficient (Wildman–Crippen LogP) is 0.890. The lowest BCUT2D eigenvalue weighted by Gasteiger charge is -2.09. The number of H-pyrrole nitrogens is 1. The Bertz CT molecular complexity index is 856. The largest absolute Gasteiger partial charge is 0.284 e. The number of benzene rings is 1. The number of rotatable bonds is 5. The zero-order valence-corrected chi connectivity index (χ0v) is 12.9. The van der Waals surface area contributed by atoms with Gasteiger partial charge < -0.3 is 0 Å². The number of nitrogens with zero attached hydrogens (tertiary/aromatic N) is 1. The first-order valence-corrected chi connectivity index (χ1v) is 9.15. The fourth-order valence-electron chi connectivity index (χ4n) is 1.68. The summed E-state index contributed by atoms with van der Waals surface area (Å²) in [5.41, 5.74) is 0.916. The highest BCUT2D eigenvalue weighted by Crippen LogP contribution is 2.20. The van der Waals surface area contributed by atoms with E-state index in [4.69, 9.17) is 0 Å². The molecule has 0 aliphatic heterocycles. The Morgan fingerprint density at radius 3 is 2.24 bits per heavy atom. The smallest absolute Gasteiger partial charge is 0.265 e. The molecule has 10 heteroatoms. The molecule has 0 spiro atoms. The predicted molar refractivity (Wildman–Crippen MR) is 79.0 cm³/mol. The highest BCUT2D eigenvalue weighted by atomic mass is 32.2. The monoisotopic (exact) mass is 330 g/mol. The van der Waals surface area contributed by atoms with Gasteiger partial charge in [0.1, 0.15) is 4.90 Å². The molecule has 0 aliphatic carbocycles. The number of nitrogens with one attached hydrogen (secondary N) is 3. The minimum absolute atomic E-state index is 0.0315. The summed E-state index contributed by atoms with van der Waals surface area (Å²) in [6.45, 7) is 1.59. The van der Waals surface area contributed by atoms with Gasteiger partial charge in [0.2, 0.25) is 10.0 Å². The molecule has 1 heterocycles. The van der Waals surface area contributed by atoms with E-state index in [1.54, 1.807) is 6.92 Å². The van der Waals surface area contributed by atoms with E-state index in [9.17, 15) is 16.8 Å². The average Bonchev–Trinajstić information content (AvgIpc) is 2.73. The van der Waals surface area contributed by atoms with Gasteiger partial charge in [0.05, 0.1) is 29.5 Å². The van der Waals surface area contributed by atoms with Crippen LogP contribution in [0.5, 0.6) is 0 Å².